The lowest BCUT2D eigenvalue weighted by Gasteiger charge is -2.39. The van der Waals surface area contributed by atoms with Crippen molar-refractivity contribution < 1.29 is 13.9 Å². The molecule has 6 heteroatoms. The number of esters is 1. The molecule has 0 atom stereocenters. The molecule has 21 heavy (non-hydrogen) atoms. The molecule has 0 unspecified atom stereocenters. The molecule has 1 aliphatic carbocycles. The molecule has 0 amide bonds. The summed E-state index contributed by atoms with van der Waals surface area (Å²) in [5, 5.41) is 3.46. The molecule has 1 N–H and O–H groups in total. The molecule has 1 saturated carbocycles. The monoisotopic (exact) mass is 291 g/mol. The van der Waals surface area contributed by atoms with Crippen LogP contribution >= 0.6 is 0 Å². The molecule has 2 aromatic heterocycles. The summed E-state index contributed by atoms with van der Waals surface area (Å²) in [7, 11) is 1.30. The van der Waals surface area contributed by atoms with Gasteiger partial charge in [0.05, 0.1) is 13.3 Å². The second-order valence-corrected chi connectivity index (χ2v) is 5.80. The van der Waals surface area contributed by atoms with Gasteiger partial charge in [-0.15, -0.1) is 0 Å². The lowest BCUT2D eigenvalue weighted by Crippen LogP contribution is -2.47. The Kier molecular flexibility index (Phi) is 3.41. The number of carbonyl (C=O) groups is 1. The number of hydrogen-bond donors (Lipinski definition) is 1. The molecule has 0 bridgehead atoms. The first kappa shape index (κ1) is 14.0. The van der Waals surface area contributed by atoms with Crippen LogP contribution in [0.4, 0.5) is 4.39 Å². The Labute approximate surface area is 122 Å². The zero-order chi connectivity index (χ0) is 15.0. The van der Waals surface area contributed by atoms with Gasteiger partial charge in [-0.05, 0) is 37.8 Å². The number of hydrogen-bond acceptors (Lipinski definition) is 4. The predicted molar refractivity (Wildman–Crippen MR) is 75.6 cm³/mol. The number of halogens is 1. The van der Waals surface area contributed by atoms with E-state index in [1.807, 2.05) is 0 Å². The fourth-order valence-electron chi connectivity index (χ4n) is 2.67. The van der Waals surface area contributed by atoms with Crippen molar-refractivity contribution in [2.45, 2.75) is 38.3 Å². The fourth-order valence-corrected chi connectivity index (χ4v) is 2.67. The summed E-state index contributed by atoms with van der Waals surface area (Å²) in [6, 6.07) is 1.71. The van der Waals surface area contributed by atoms with Gasteiger partial charge in [0.25, 0.3) is 0 Å². The van der Waals surface area contributed by atoms with Gasteiger partial charge in [0.1, 0.15) is 5.56 Å². The van der Waals surface area contributed by atoms with Crippen LogP contribution in [0.5, 0.6) is 0 Å². The highest BCUT2D eigenvalue weighted by Crippen LogP contribution is 2.31. The van der Waals surface area contributed by atoms with E-state index in [9.17, 15) is 9.18 Å². The number of carbonyl (C=O) groups excluding carboxylic acids is 1. The molecule has 0 saturated heterocycles. The molecular formula is C15H18FN3O2. The van der Waals surface area contributed by atoms with E-state index in [0.29, 0.717) is 6.54 Å². The first-order valence-electron chi connectivity index (χ1n) is 7.01. The Morgan fingerprint density at radius 3 is 2.95 bits per heavy atom. The number of nitrogens with one attached hydrogen (secondary N) is 1. The third-order valence-electron chi connectivity index (χ3n) is 4.20. The van der Waals surface area contributed by atoms with E-state index >= 15 is 0 Å². The van der Waals surface area contributed by atoms with E-state index in [-0.39, 0.29) is 16.7 Å². The van der Waals surface area contributed by atoms with Crippen molar-refractivity contribution in [2.24, 2.45) is 0 Å². The van der Waals surface area contributed by atoms with Gasteiger partial charge in [-0.2, -0.15) is 4.39 Å². The summed E-state index contributed by atoms with van der Waals surface area (Å²) in [5.74, 6) is -1.01. The van der Waals surface area contributed by atoms with Gasteiger partial charge in [-0.3, -0.25) is 4.40 Å². The average Bonchev–Trinajstić information content (AvgIpc) is 2.83. The maximum atomic E-state index is 13.8. The van der Waals surface area contributed by atoms with Crippen molar-refractivity contribution in [3.05, 3.63) is 35.5 Å². The van der Waals surface area contributed by atoms with Crippen LogP contribution in [0.1, 0.15) is 42.1 Å². The molecule has 112 valence electrons. The highest BCUT2D eigenvalue weighted by atomic mass is 19.1. The average molecular weight is 291 g/mol. The zero-order valence-electron chi connectivity index (χ0n) is 12.1. The normalized spacial score (nSPS) is 16.7. The molecular weight excluding hydrogens is 273 g/mol. The SMILES string of the molecule is COC(=O)c1cc(CNC2(C)CCC2)cn2c(F)cnc12. The maximum Gasteiger partial charge on any atom is 0.341 e. The topological polar surface area (TPSA) is 55.6 Å². The number of nitrogens with zero attached hydrogens (tertiary/aromatic N) is 2. The molecule has 0 radical (unpaired) electrons. The van der Waals surface area contributed by atoms with Crippen LogP contribution in [0.15, 0.2) is 18.5 Å². The molecule has 5 nitrogen and oxygen atoms in total. The Bertz CT molecular complexity index is 692. The van der Waals surface area contributed by atoms with Crippen LogP contribution in [-0.4, -0.2) is 28.0 Å². The van der Waals surface area contributed by atoms with Crippen LogP contribution < -0.4 is 5.32 Å². The number of ether oxygens (including phenoxy) is 1. The standard InChI is InChI=1S/C15H18FN3O2/c1-15(4-3-5-15)18-7-10-6-11(14(20)21-2)13-17-8-12(16)19(13)9-10/h6,8-9,18H,3-5,7H2,1-2H3. The van der Waals surface area contributed by atoms with E-state index in [1.165, 1.54) is 17.9 Å². The highest BCUT2D eigenvalue weighted by Gasteiger charge is 2.30. The first-order valence-corrected chi connectivity index (χ1v) is 7.01. The van der Waals surface area contributed by atoms with Crippen molar-refractivity contribution in [1.29, 1.82) is 0 Å². The minimum atomic E-state index is -0.512. The van der Waals surface area contributed by atoms with Gasteiger partial charge >= 0.3 is 5.97 Å². The van der Waals surface area contributed by atoms with Crippen molar-refractivity contribution in [2.75, 3.05) is 7.11 Å². The van der Waals surface area contributed by atoms with Gasteiger partial charge in [0, 0.05) is 18.3 Å². The van der Waals surface area contributed by atoms with Crippen LogP contribution in [0.2, 0.25) is 0 Å². The number of aromatic nitrogens is 2. The van der Waals surface area contributed by atoms with Crippen LogP contribution in [0.3, 0.4) is 0 Å². The van der Waals surface area contributed by atoms with Gasteiger partial charge < -0.3 is 10.1 Å². The Balaban J connectivity index is 1.94. The summed E-state index contributed by atoms with van der Waals surface area (Å²) >= 11 is 0. The van der Waals surface area contributed by atoms with Crippen molar-refractivity contribution >= 4 is 11.6 Å². The maximum absolute atomic E-state index is 13.8. The van der Waals surface area contributed by atoms with Crippen LogP contribution in [0, 0.1) is 5.95 Å². The van der Waals surface area contributed by atoms with Gasteiger partial charge in [-0.1, -0.05) is 0 Å². The van der Waals surface area contributed by atoms with Gasteiger partial charge in [0.15, 0.2) is 5.65 Å². The summed E-state index contributed by atoms with van der Waals surface area (Å²) in [4.78, 5) is 15.8. The molecule has 0 spiro atoms. The van der Waals surface area contributed by atoms with Crippen molar-refractivity contribution in [1.82, 2.24) is 14.7 Å². The minimum Gasteiger partial charge on any atom is -0.465 e. The van der Waals surface area contributed by atoms with E-state index < -0.39 is 11.9 Å². The summed E-state index contributed by atoms with van der Waals surface area (Å²) in [6.07, 6.45) is 6.27. The number of pyridine rings is 1. The van der Waals surface area contributed by atoms with Crippen molar-refractivity contribution in [3.8, 4) is 0 Å². The number of imidazole rings is 1. The van der Waals surface area contributed by atoms with Gasteiger partial charge in [0.2, 0.25) is 5.95 Å². The summed E-state index contributed by atoms with van der Waals surface area (Å²) < 4.78 is 19.8. The highest BCUT2D eigenvalue weighted by molar-refractivity contribution is 5.95. The first-order chi connectivity index (χ1) is 10.0. The van der Waals surface area contributed by atoms with Crippen molar-refractivity contribution in [3.63, 3.8) is 0 Å². The quantitative estimate of drug-likeness (QED) is 0.878. The van der Waals surface area contributed by atoms with Crippen LogP contribution in [0.25, 0.3) is 5.65 Å². The molecule has 0 aliphatic heterocycles. The van der Waals surface area contributed by atoms with E-state index in [2.05, 4.69) is 17.2 Å². The summed E-state index contributed by atoms with van der Waals surface area (Å²) in [5.41, 5.74) is 1.53. The van der Waals surface area contributed by atoms with Crippen LogP contribution in [-0.2, 0) is 11.3 Å². The van der Waals surface area contributed by atoms with Gasteiger partial charge in [-0.25, -0.2) is 9.78 Å². The molecule has 3 rings (SSSR count). The Morgan fingerprint density at radius 1 is 1.57 bits per heavy atom. The second kappa shape index (κ2) is 5.11. The minimum absolute atomic E-state index is 0.147. The third kappa shape index (κ3) is 2.51. The number of methoxy groups -OCH3 is 1. The smallest absolute Gasteiger partial charge is 0.341 e. The molecule has 2 heterocycles. The Morgan fingerprint density at radius 2 is 2.33 bits per heavy atom. The molecule has 1 fully saturated rings. The van der Waals surface area contributed by atoms with E-state index in [4.69, 9.17) is 4.74 Å². The molecule has 0 aromatic carbocycles. The largest absolute Gasteiger partial charge is 0.465 e. The number of fused-ring (bicyclic) bond motifs is 1. The second-order valence-electron chi connectivity index (χ2n) is 5.80. The number of rotatable bonds is 4. The third-order valence-corrected chi connectivity index (χ3v) is 4.20. The lowest BCUT2D eigenvalue weighted by atomic mass is 9.78. The Hall–Kier alpha value is -1.95. The lowest BCUT2D eigenvalue weighted by molar-refractivity contribution is 0.0602. The molecule has 1 aliphatic rings. The zero-order valence-corrected chi connectivity index (χ0v) is 12.1. The van der Waals surface area contributed by atoms with E-state index in [1.54, 1.807) is 12.3 Å². The summed E-state index contributed by atoms with van der Waals surface area (Å²) in [6.45, 7) is 2.75. The fraction of sp³-hybridized carbons (Fsp3) is 0.467. The molecule has 2 aromatic rings. The van der Waals surface area contributed by atoms with E-state index in [0.717, 1.165) is 24.6 Å². The predicted octanol–water partition coefficient (Wildman–Crippen LogP) is 2.29.